The largest absolute Gasteiger partial charge is 0.553 e. The Morgan fingerprint density at radius 1 is 0.854 bits per heavy atom. The van der Waals surface area contributed by atoms with Crippen molar-refractivity contribution < 1.29 is 23.6 Å². The molecule has 1 spiro atoms. The Kier molecular flexibility index (Phi) is 5.19. The summed E-state index contributed by atoms with van der Waals surface area (Å²) in [4.78, 5) is 30.0. The average molecular weight is 638 g/mol. The summed E-state index contributed by atoms with van der Waals surface area (Å²) in [6.45, 7) is 8.91. The third kappa shape index (κ3) is 2.86. The molecule has 0 N–H and O–H groups in total. The number of benzene rings is 1. The van der Waals surface area contributed by atoms with Gasteiger partial charge in [-0.15, -0.1) is 0 Å². The molecule has 3 aromatic heterocycles. The second-order valence-electron chi connectivity index (χ2n) is 13.6. The predicted octanol–water partition coefficient (Wildman–Crippen LogP) is 2.05. The first-order chi connectivity index (χ1) is 23.3. The number of hydrogen-bond donors (Lipinski definition) is 0. The lowest BCUT2D eigenvalue weighted by molar-refractivity contribution is -0.587. The van der Waals surface area contributed by atoms with Crippen molar-refractivity contribution in [3.63, 3.8) is 0 Å². The zero-order valence-electron chi connectivity index (χ0n) is 27.9. The summed E-state index contributed by atoms with van der Waals surface area (Å²) in [7, 11) is 2.90. The molecule has 9 nitrogen and oxygen atoms in total. The van der Waals surface area contributed by atoms with Crippen molar-refractivity contribution in [2.45, 2.75) is 65.7 Å². The van der Waals surface area contributed by atoms with E-state index in [1.165, 1.54) is 69.4 Å². The Labute approximate surface area is 276 Å². The van der Waals surface area contributed by atoms with Crippen LogP contribution in [-0.4, -0.2) is 50.6 Å². The minimum Gasteiger partial charge on any atom is -0.469 e. The monoisotopic (exact) mass is 637 g/mol. The molecule has 9 heteroatoms. The fourth-order valence-corrected chi connectivity index (χ4v) is 9.68. The van der Waals surface area contributed by atoms with E-state index in [1.54, 1.807) is 0 Å². The maximum Gasteiger partial charge on any atom is 0.553 e. The van der Waals surface area contributed by atoms with Crippen LogP contribution >= 0.6 is 0 Å². The van der Waals surface area contributed by atoms with Crippen molar-refractivity contribution in [1.29, 1.82) is 0 Å². The molecule has 0 saturated carbocycles. The van der Waals surface area contributed by atoms with Gasteiger partial charge in [-0.2, -0.15) is 9.13 Å². The van der Waals surface area contributed by atoms with Crippen LogP contribution in [0, 0.1) is 13.8 Å². The van der Waals surface area contributed by atoms with Gasteiger partial charge in [0.1, 0.15) is 5.22 Å². The smallest absolute Gasteiger partial charge is 0.469 e. The number of carbonyl (C=O) groups excluding carboxylic acids is 2. The molecule has 9 heterocycles. The molecule has 0 radical (unpaired) electrons. The number of hydrogen-bond acceptors (Lipinski definition) is 5. The van der Waals surface area contributed by atoms with Crippen LogP contribution in [0.4, 0.5) is 0 Å². The van der Waals surface area contributed by atoms with Crippen LogP contribution in [-0.2, 0) is 37.8 Å². The van der Waals surface area contributed by atoms with Crippen molar-refractivity contribution >= 4 is 58.2 Å². The summed E-state index contributed by atoms with van der Waals surface area (Å²) in [5.41, 5.74) is 15.3. The molecule has 0 unspecified atom stereocenters. The Morgan fingerprint density at radius 2 is 1.62 bits per heavy atom. The fourth-order valence-electron chi connectivity index (χ4n) is 9.68. The Bertz CT molecular complexity index is 2700. The molecule has 238 valence electrons. The third-order valence-electron chi connectivity index (χ3n) is 11.7. The van der Waals surface area contributed by atoms with Crippen molar-refractivity contribution in [1.82, 2.24) is 18.7 Å². The van der Waals surface area contributed by atoms with Gasteiger partial charge in [-0.3, -0.25) is 14.6 Å². The zero-order valence-corrected chi connectivity index (χ0v) is 27.9. The summed E-state index contributed by atoms with van der Waals surface area (Å²) in [6, 6.07) is 6.54. The first-order valence-electron chi connectivity index (χ1n) is 16.8. The molecule has 0 amide bonds. The highest BCUT2D eigenvalue weighted by Gasteiger charge is 2.72. The van der Waals surface area contributed by atoms with Crippen molar-refractivity contribution in [2.24, 2.45) is 0 Å². The Balaban J connectivity index is 1.46. The minimum absolute atomic E-state index is 0.221. The highest BCUT2D eigenvalue weighted by molar-refractivity contribution is 6.22. The molecular weight excluding hydrogens is 602 g/mol. The number of fused-ring (bicyclic) bond motifs is 1. The van der Waals surface area contributed by atoms with E-state index in [9.17, 15) is 9.59 Å². The maximum absolute atomic E-state index is 12.6. The molecule has 0 bridgehead atoms. The molecule has 0 fully saturated rings. The lowest BCUT2D eigenvalue weighted by atomic mass is 9.98. The van der Waals surface area contributed by atoms with Crippen LogP contribution in [0.15, 0.2) is 35.5 Å². The number of esters is 2. The number of methoxy groups -OCH3 is 2. The second-order valence-corrected chi connectivity index (χ2v) is 13.6. The molecule has 4 aromatic rings. The standard InChI is InChI=1S/C39H35N5O4/c1-7-22-19(2)28-17-33-25-14-15-40-27-11-8-26-37-21(4)24(10-13-35(46)48-6)32-18-31-23(9-12-34(45)47-5)20(3)29-16-30(22)41(28)39(42(29)31,43(32)37)44(33)38(26)36(25)27/h8,11,14-18H,7,9-10,12-13H2,1-6H3/q+2/t39-/m0/s1. The summed E-state index contributed by atoms with van der Waals surface area (Å²) < 4.78 is 20.4. The van der Waals surface area contributed by atoms with Gasteiger partial charge >= 0.3 is 17.8 Å². The summed E-state index contributed by atoms with van der Waals surface area (Å²) >= 11 is 0. The van der Waals surface area contributed by atoms with Gasteiger partial charge in [0.2, 0.25) is 22.5 Å². The van der Waals surface area contributed by atoms with E-state index in [0.29, 0.717) is 19.3 Å². The summed E-state index contributed by atoms with van der Waals surface area (Å²) in [6.07, 6.45) is 11.6. The quantitative estimate of drug-likeness (QED) is 0.229. The first-order valence-corrected chi connectivity index (χ1v) is 16.8. The van der Waals surface area contributed by atoms with Gasteiger partial charge in [0.05, 0.1) is 52.8 Å². The van der Waals surface area contributed by atoms with E-state index >= 15 is 0 Å². The maximum atomic E-state index is 12.6. The predicted molar refractivity (Wildman–Crippen MR) is 181 cm³/mol. The number of nitrogens with zero attached hydrogens (tertiary/aromatic N) is 5. The van der Waals surface area contributed by atoms with Gasteiger partial charge < -0.3 is 9.47 Å². The van der Waals surface area contributed by atoms with E-state index in [4.69, 9.17) is 14.5 Å². The van der Waals surface area contributed by atoms with Crippen molar-refractivity contribution in [3.05, 3.63) is 96.0 Å². The molecule has 10 rings (SSSR count). The van der Waals surface area contributed by atoms with Crippen LogP contribution in [0.3, 0.4) is 0 Å². The van der Waals surface area contributed by atoms with Gasteiger partial charge in [0, 0.05) is 42.3 Å². The van der Waals surface area contributed by atoms with E-state index < -0.39 is 5.91 Å². The number of ether oxygens (including phenoxy) is 2. The molecule has 1 aromatic carbocycles. The third-order valence-corrected chi connectivity index (χ3v) is 11.7. The highest BCUT2D eigenvalue weighted by Crippen LogP contribution is 2.48. The van der Waals surface area contributed by atoms with Gasteiger partial charge in [-0.25, -0.2) is 0 Å². The van der Waals surface area contributed by atoms with Crippen LogP contribution in [0.1, 0.15) is 72.3 Å². The first kappa shape index (κ1) is 27.8. The van der Waals surface area contributed by atoms with Crippen molar-refractivity contribution in [3.8, 4) is 0 Å². The average Bonchev–Trinajstić information content (AvgIpc) is 3.77. The van der Waals surface area contributed by atoms with Gasteiger partial charge in [0.25, 0.3) is 0 Å². The lowest BCUT2D eigenvalue weighted by Crippen LogP contribution is -2.74. The van der Waals surface area contributed by atoms with E-state index in [1.807, 2.05) is 6.20 Å². The fraction of sp³-hybridized carbons (Fsp3) is 0.308. The highest BCUT2D eigenvalue weighted by atomic mass is 16.5. The molecule has 1 atom stereocenters. The van der Waals surface area contributed by atoms with Crippen molar-refractivity contribution in [2.75, 3.05) is 14.2 Å². The number of allylic oxidation sites excluding steroid dienone is 1. The molecule has 0 saturated heterocycles. The topological polar surface area (TPSA) is 81.4 Å². The van der Waals surface area contributed by atoms with E-state index in [2.05, 4.69) is 82.4 Å². The van der Waals surface area contributed by atoms with Gasteiger partial charge in [-0.05, 0) is 86.6 Å². The zero-order chi connectivity index (χ0) is 33.0. The lowest BCUT2D eigenvalue weighted by Gasteiger charge is -2.37. The normalized spacial score (nSPS) is 19.5. The number of pyridine rings is 1. The van der Waals surface area contributed by atoms with Crippen LogP contribution in [0.2, 0.25) is 0 Å². The summed E-state index contributed by atoms with van der Waals surface area (Å²) in [5, 5.41) is 5.75. The Morgan fingerprint density at radius 3 is 2.38 bits per heavy atom. The van der Waals surface area contributed by atoms with E-state index in [-0.39, 0.29) is 18.4 Å². The van der Waals surface area contributed by atoms with Crippen LogP contribution in [0.5, 0.6) is 0 Å². The number of carbonyl (C=O) groups is 2. The molecule has 6 aliphatic rings. The van der Waals surface area contributed by atoms with Crippen LogP contribution in [0.25, 0.3) is 40.5 Å². The SMILES string of the molecule is CCc1c(C)c2n3c1C=c1c(C)c(CCC(=O)OC)c4n1[C@]31[N+]3=C(C=4)C(CCC(=O)OC)=C(C)C3=c3ccc4nccc5c4c3=[N+]1C5=C2. The molecule has 48 heavy (non-hydrogen) atoms. The Hall–Kier alpha value is -5.31. The second kappa shape index (κ2) is 8.98. The van der Waals surface area contributed by atoms with E-state index in [0.717, 1.165) is 50.9 Å². The molecule has 6 aliphatic heterocycles. The van der Waals surface area contributed by atoms with Gasteiger partial charge in [-0.1, -0.05) is 16.1 Å². The minimum atomic E-state index is -0.853. The van der Waals surface area contributed by atoms with Crippen LogP contribution < -0.4 is 25.8 Å². The number of aromatic nitrogens is 3. The molecule has 0 aliphatic carbocycles. The van der Waals surface area contributed by atoms with Gasteiger partial charge in [0.15, 0.2) is 0 Å². The molecular formula is C39H35N5O4+2. The number of rotatable bonds is 7. The summed E-state index contributed by atoms with van der Waals surface area (Å²) in [5.74, 6) is -1.30.